The quantitative estimate of drug-likeness (QED) is 0.636. The fourth-order valence-electron chi connectivity index (χ4n) is 6.08. The van der Waals surface area contributed by atoms with Crippen molar-refractivity contribution in [1.82, 2.24) is 4.90 Å². The van der Waals surface area contributed by atoms with Crippen LogP contribution in [-0.2, 0) is 4.79 Å². The first-order valence-corrected chi connectivity index (χ1v) is 10.8. The van der Waals surface area contributed by atoms with Gasteiger partial charge in [-0.05, 0) is 95.6 Å². The van der Waals surface area contributed by atoms with Crippen molar-refractivity contribution in [2.24, 2.45) is 22.2 Å². The fraction of sp³-hybridized carbons (Fsp3) is 0.957. The van der Waals surface area contributed by atoms with Crippen LogP contribution in [0.3, 0.4) is 0 Å². The monoisotopic (exact) mass is 347 g/mol. The molecule has 2 nitrogen and oxygen atoms in total. The highest BCUT2D eigenvalue weighted by molar-refractivity contribution is 5.87. The molecule has 0 amide bonds. The average Bonchev–Trinajstić information content (AvgIpc) is 2.62. The molecule has 3 saturated carbocycles. The first kappa shape index (κ1) is 19.4. The zero-order valence-electron chi connectivity index (χ0n) is 17.7. The Morgan fingerprint density at radius 1 is 0.920 bits per heavy atom. The van der Waals surface area contributed by atoms with Gasteiger partial charge in [0.1, 0.15) is 5.78 Å². The predicted molar refractivity (Wildman–Crippen MR) is 106 cm³/mol. The van der Waals surface area contributed by atoms with Crippen molar-refractivity contribution in [3.05, 3.63) is 0 Å². The van der Waals surface area contributed by atoms with Gasteiger partial charge in [-0.1, -0.05) is 27.7 Å². The molecule has 0 aromatic rings. The van der Waals surface area contributed by atoms with Crippen LogP contribution in [0, 0.1) is 22.2 Å². The van der Waals surface area contributed by atoms with E-state index in [4.69, 9.17) is 0 Å². The Morgan fingerprint density at radius 2 is 1.40 bits per heavy atom. The molecule has 0 radical (unpaired) electrons. The van der Waals surface area contributed by atoms with Crippen molar-refractivity contribution < 1.29 is 4.79 Å². The van der Waals surface area contributed by atoms with Crippen molar-refractivity contribution in [1.29, 1.82) is 0 Å². The predicted octanol–water partition coefficient (Wildman–Crippen LogP) is 5.84. The highest BCUT2D eigenvalue weighted by Gasteiger charge is 2.56. The van der Waals surface area contributed by atoms with Crippen molar-refractivity contribution in [2.75, 3.05) is 13.1 Å². The lowest BCUT2D eigenvalue weighted by Gasteiger charge is -2.59. The van der Waals surface area contributed by atoms with Gasteiger partial charge in [0.05, 0.1) is 0 Å². The smallest absolute Gasteiger partial charge is 0.142 e. The molecule has 0 atom stereocenters. The van der Waals surface area contributed by atoms with Gasteiger partial charge in [-0.3, -0.25) is 9.69 Å². The van der Waals surface area contributed by atoms with E-state index in [1.165, 1.54) is 44.9 Å². The Balaban J connectivity index is 1.63. The summed E-state index contributed by atoms with van der Waals surface area (Å²) in [5.74, 6) is 0.993. The van der Waals surface area contributed by atoms with Crippen LogP contribution in [0.1, 0.15) is 99.3 Å². The summed E-state index contributed by atoms with van der Waals surface area (Å²) >= 11 is 0. The molecule has 0 unspecified atom stereocenters. The summed E-state index contributed by atoms with van der Waals surface area (Å²) in [6, 6.07) is 0. The highest BCUT2D eigenvalue weighted by Crippen LogP contribution is 2.64. The Labute approximate surface area is 156 Å². The summed E-state index contributed by atoms with van der Waals surface area (Å²) in [6.45, 7) is 16.4. The van der Waals surface area contributed by atoms with Gasteiger partial charge in [-0.25, -0.2) is 0 Å². The van der Waals surface area contributed by atoms with Gasteiger partial charge in [-0.2, -0.15) is 0 Å². The lowest BCUT2D eigenvalue weighted by Crippen LogP contribution is -2.54. The summed E-state index contributed by atoms with van der Waals surface area (Å²) in [4.78, 5) is 16.1. The van der Waals surface area contributed by atoms with E-state index in [1.807, 2.05) is 0 Å². The van der Waals surface area contributed by atoms with Crippen LogP contribution < -0.4 is 0 Å². The van der Waals surface area contributed by atoms with Gasteiger partial charge in [0.15, 0.2) is 0 Å². The van der Waals surface area contributed by atoms with Crippen LogP contribution in [0.15, 0.2) is 0 Å². The molecular formula is C23H41NO. The second-order valence-corrected chi connectivity index (χ2v) is 11.1. The Morgan fingerprint density at radius 3 is 1.80 bits per heavy atom. The van der Waals surface area contributed by atoms with E-state index < -0.39 is 0 Å². The number of carbonyl (C=O) groups is 1. The van der Waals surface area contributed by atoms with Crippen LogP contribution >= 0.6 is 0 Å². The van der Waals surface area contributed by atoms with Gasteiger partial charge < -0.3 is 0 Å². The molecule has 0 spiro atoms. The molecule has 1 saturated heterocycles. The molecule has 4 rings (SSSR count). The van der Waals surface area contributed by atoms with Gasteiger partial charge in [0.2, 0.25) is 0 Å². The number of nitrogens with zero attached hydrogens (tertiary/aromatic N) is 1. The van der Waals surface area contributed by atoms with Gasteiger partial charge >= 0.3 is 0 Å². The molecule has 4 aliphatic rings. The number of rotatable bonds is 4. The Bertz CT molecular complexity index is 480. The maximum Gasteiger partial charge on any atom is 0.142 e. The minimum atomic E-state index is 0.0557. The second kappa shape index (κ2) is 6.36. The van der Waals surface area contributed by atoms with Gasteiger partial charge in [0.25, 0.3) is 0 Å². The molecule has 2 bridgehead atoms. The Kier molecular flexibility index (Phi) is 4.93. The molecule has 0 N–H and O–H groups in total. The van der Waals surface area contributed by atoms with E-state index in [9.17, 15) is 4.79 Å². The number of fused-ring (bicyclic) bond motifs is 3. The third-order valence-electron chi connectivity index (χ3n) is 8.95. The number of Topliss-reactive ketones (excluding diaryl/α,β-unsaturated/α-hetero) is 1. The van der Waals surface area contributed by atoms with E-state index >= 15 is 0 Å². The third kappa shape index (κ3) is 3.22. The average molecular weight is 348 g/mol. The maximum absolute atomic E-state index is 13.5. The normalized spacial score (nSPS) is 35.1. The number of hydrogen-bond acceptors (Lipinski definition) is 2. The topological polar surface area (TPSA) is 20.3 Å². The SMILES string of the molecule is CCC(C)(C)N1CCC(C(=O)C23CCC(C(C)(C)C)(CC2)CC3)CC1. The number of likely N-dealkylation sites (tertiary alicyclic amines) is 1. The summed E-state index contributed by atoms with van der Waals surface area (Å²) in [6.07, 6.45) is 10.7. The van der Waals surface area contributed by atoms with Crippen LogP contribution in [0.4, 0.5) is 0 Å². The Hall–Kier alpha value is -0.370. The third-order valence-corrected chi connectivity index (χ3v) is 8.95. The standard InChI is InChI=1S/C23H41NO/c1-7-21(5,6)24-16-8-18(9-17-24)19(25)22-10-13-23(14-11-22,15-12-22)20(2,3)4/h18H,7-17H2,1-6H3. The maximum atomic E-state index is 13.5. The lowest BCUT2D eigenvalue weighted by molar-refractivity contribution is -0.150. The zero-order chi connectivity index (χ0) is 18.5. The number of hydrogen-bond donors (Lipinski definition) is 0. The number of piperidine rings is 1. The molecule has 4 fully saturated rings. The van der Waals surface area contributed by atoms with Crippen LogP contribution in [-0.4, -0.2) is 29.3 Å². The summed E-state index contributed by atoms with van der Waals surface area (Å²) in [7, 11) is 0. The first-order valence-electron chi connectivity index (χ1n) is 10.8. The molecule has 0 aromatic heterocycles. The first-order chi connectivity index (χ1) is 11.6. The van der Waals surface area contributed by atoms with Crippen LogP contribution in [0.25, 0.3) is 0 Å². The van der Waals surface area contributed by atoms with E-state index in [2.05, 4.69) is 46.4 Å². The van der Waals surface area contributed by atoms with Crippen LogP contribution in [0.5, 0.6) is 0 Å². The molecule has 2 heteroatoms. The molecule has 1 aliphatic heterocycles. The highest BCUT2D eigenvalue weighted by atomic mass is 16.1. The number of ketones is 1. The van der Waals surface area contributed by atoms with E-state index in [1.54, 1.807) is 0 Å². The molecule has 3 aliphatic carbocycles. The second-order valence-electron chi connectivity index (χ2n) is 11.1. The van der Waals surface area contributed by atoms with E-state index in [0.717, 1.165) is 25.9 Å². The molecule has 0 aromatic carbocycles. The minimum Gasteiger partial charge on any atom is -0.299 e. The minimum absolute atomic E-state index is 0.0557. The molecular weight excluding hydrogens is 306 g/mol. The summed E-state index contributed by atoms with van der Waals surface area (Å²) < 4.78 is 0. The van der Waals surface area contributed by atoms with Crippen molar-refractivity contribution in [2.45, 2.75) is 105 Å². The van der Waals surface area contributed by atoms with E-state index in [-0.39, 0.29) is 11.0 Å². The summed E-state index contributed by atoms with van der Waals surface area (Å²) in [5.41, 5.74) is 1.23. The largest absolute Gasteiger partial charge is 0.299 e. The van der Waals surface area contributed by atoms with Gasteiger partial charge in [0, 0.05) is 16.9 Å². The molecule has 25 heavy (non-hydrogen) atoms. The number of carbonyl (C=O) groups excluding carboxylic acids is 1. The summed E-state index contributed by atoms with van der Waals surface area (Å²) in [5, 5.41) is 0. The van der Waals surface area contributed by atoms with Crippen molar-refractivity contribution in [3.63, 3.8) is 0 Å². The van der Waals surface area contributed by atoms with Crippen molar-refractivity contribution >= 4 is 5.78 Å². The zero-order valence-corrected chi connectivity index (χ0v) is 17.7. The van der Waals surface area contributed by atoms with Gasteiger partial charge in [-0.15, -0.1) is 0 Å². The van der Waals surface area contributed by atoms with E-state index in [0.29, 0.717) is 22.5 Å². The molecule has 144 valence electrons. The van der Waals surface area contributed by atoms with Crippen LogP contribution in [0.2, 0.25) is 0 Å². The lowest BCUT2D eigenvalue weighted by atomic mass is 9.45. The van der Waals surface area contributed by atoms with Crippen molar-refractivity contribution in [3.8, 4) is 0 Å². The fourth-order valence-corrected chi connectivity index (χ4v) is 6.08. The molecule has 1 heterocycles.